The molecule has 6 rings (SSSR count). The number of imidazole rings is 1. The van der Waals surface area contributed by atoms with Gasteiger partial charge < -0.3 is 19.6 Å². The van der Waals surface area contributed by atoms with Gasteiger partial charge in [0.2, 0.25) is 5.91 Å². The molecule has 8 nitrogen and oxygen atoms in total. The van der Waals surface area contributed by atoms with Crippen LogP contribution in [0.5, 0.6) is 0 Å². The number of piperidine rings is 1. The van der Waals surface area contributed by atoms with Crippen LogP contribution in [0.3, 0.4) is 0 Å². The van der Waals surface area contributed by atoms with E-state index in [4.69, 9.17) is 10.2 Å². The molecule has 0 aliphatic carbocycles. The Morgan fingerprint density at radius 3 is 2.70 bits per heavy atom. The molecular weight excluding hydrogens is 418 g/mol. The smallest absolute Gasteiger partial charge is 0.314 e. The number of rotatable bonds is 2. The van der Waals surface area contributed by atoms with E-state index in [2.05, 4.69) is 11.1 Å². The summed E-state index contributed by atoms with van der Waals surface area (Å²) in [4.78, 5) is 33.4. The second kappa shape index (κ2) is 7.23. The third-order valence-electron chi connectivity index (χ3n) is 6.97. The first-order valence-corrected chi connectivity index (χ1v) is 11.0. The molecule has 0 saturated carbocycles. The van der Waals surface area contributed by atoms with E-state index in [0.717, 1.165) is 27.8 Å². The SMILES string of the molecule is NC(=O)N1CCC2(CC1)c1ccccc1CC(=O)N2c1cn(-c2cccc3ccoc23)cn1. The van der Waals surface area contributed by atoms with Crippen molar-refractivity contribution in [3.05, 3.63) is 78.4 Å². The Morgan fingerprint density at radius 1 is 1.06 bits per heavy atom. The van der Waals surface area contributed by atoms with E-state index in [1.54, 1.807) is 17.5 Å². The van der Waals surface area contributed by atoms with Gasteiger partial charge in [-0.2, -0.15) is 0 Å². The fourth-order valence-corrected chi connectivity index (χ4v) is 5.41. The van der Waals surface area contributed by atoms with E-state index in [1.165, 1.54) is 0 Å². The lowest BCUT2D eigenvalue weighted by Gasteiger charge is -2.51. The van der Waals surface area contributed by atoms with Crippen LogP contribution in [0.1, 0.15) is 24.0 Å². The summed E-state index contributed by atoms with van der Waals surface area (Å²) in [6.45, 7) is 0.972. The van der Waals surface area contributed by atoms with E-state index in [-0.39, 0.29) is 5.91 Å². The quantitative estimate of drug-likeness (QED) is 0.514. The lowest BCUT2D eigenvalue weighted by atomic mass is 9.74. The molecule has 4 aromatic rings. The van der Waals surface area contributed by atoms with Crippen LogP contribution < -0.4 is 10.6 Å². The minimum Gasteiger partial charge on any atom is -0.462 e. The molecule has 2 aromatic carbocycles. The van der Waals surface area contributed by atoms with Gasteiger partial charge in [-0.05, 0) is 36.1 Å². The van der Waals surface area contributed by atoms with Crippen LogP contribution >= 0.6 is 0 Å². The molecular formula is C25H23N5O3. The van der Waals surface area contributed by atoms with Crippen LogP contribution in [-0.4, -0.2) is 39.5 Å². The lowest BCUT2D eigenvalue weighted by Crippen LogP contribution is -2.59. The number of carbonyl (C=O) groups is 2. The van der Waals surface area contributed by atoms with Gasteiger partial charge in [-0.1, -0.05) is 36.4 Å². The Hall–Kier alpha value is -4.07. The maximum absolute atomic E-state index is 13.5. The van der Waals surface area contributed by atoms with Crippen molar-refractivity contribution in [2.45, 2.75) is 24.8 Å². The molecule has 3 amide bonds. The number of carbonyl (C=O) groups excluding carboxylic acids is 2. The number of hydrogen-bond donors (Lipinski definition) is 1. The van der Waals surface area contributed by atoms with Gasteiger partial charge in [0, 0.05) is 18.5 Å². The molecule has 1 spiro atoms. The van der Waals surface area contributed by atoms with Crippen LogP contribution in [-0.2, 0) is 16.8 Å². The van der Waals surface area contributed by atoms with Gasteiger partial charge in [0.05, 0.1) is 30.1 Å². The number of benzene rings is 2. The Bertz CT molecular complexity index is 1380. The van der Waals surface area contributed by atoms with Gasteiger partial charge in [-0.25, -0.2) is 9.78 Å². The number of primary amides is 1. The average Bonchev–Trinajstić information content (AvgIpc) is 3.49. The van der Waals surface area contributed by atoms with Gasteiger partial charge >= 0.3 is 6.03 Å². The predicted molar refractivity (Wildman–Crippen MR) is 123 cm³/mol. The Morgan fingerprint density at radius 2 is 1.88 bits per heavy atom. The van der Waals surface area contributed by atoms with Gasteiger partial charge in [-0.3, -0.25) is 9.69 Å². The van der Waals surface area contributed by atoms with Crippen molar-refractivity contribution in [3.63, 3.8) is 0 Å². The van der Waals surface area contributed by atoms with Gasteiger partial charge in [0.1, 0.15) is 6.33 Å². The van der Waals surface area contributed by atoms with E-state index in [0.29, 0.717) is 38.2 Å². The van der Waals surface area contributed by atoms with Crippen molar-refractivity contribution < 1.29 is 14.0 Å². The molecule has 1 saturated heterocycles. The van der Waals surface area contributed by atoms with Crippen LogP contribution in [0.25, 0.3) is 16.7 Å². The molecule has 2 aromatic heterocycles. The predicted octanol–water partition coefficient (Wildman–Crippen LogP) is 3.58. The van der Waals surface area contributed by atoms with Crippen molar-refractivity contribution in [2.75, 3.05) is 18.0 Å². The molecule has 8 heteroatoms. The number of fused-ring (bicyclic) bond motifs is 3. The number of nitrogens with two attached hydrogens (primary N) is 1. The molecule has 33 heavy (non-hydrogen) atoms. The Balaban J connectivity index is 1.45. The standard InChI is InChI=1S/C25H23N5O3/c26-24(32)28-11-9-25(10-12-28)19-6-2-1-4-18(19)14-22(31)30(25)21-15-29(16-27-21)20-7-3-5-17-8-13-33-23(17)20/h1-8,13,15-16H,9-12,14H2,(H2,26,32). The second-order valence-corrected chi connectivity index (χ2v) is 8.68. The molecule has 0 radical (unpaired) electrons. The fraction of sp³-hybridized carbons (Fsp3) is 0.240. The number of para-hydroxylation sites is 1. The number of nitrogens with zero attached hydrogens (tertiary/aromatic N) is 4. The summed E-state index contributed by atoms with van der Waals surface area (Å²) >= 11 is 0. The van der Waals surface area contributed by atoms with E-state index in [1.807, 2.05) is 58.1 Å². The molecule has 0 atom stereocenters. The highest BCUT2D eigenvalue weighted by Gasteiger charge is 2.49. The first kappa shape index (κ1) is 19.6. The molecule has 4 heterocycles. The summed E-state index contributed by atoms with van der Waals surface area (Å²) in [7, 11) is 0. The number of urea groups is 1. The van der Waals surface area contributed by atoms with Crippen molar-refractivity contribution in [2.24, 2.45) is 5.73 Å². The van der Waals surface area contributed by atoms with Gasteiger partial charge in [0.15, 0.2) is 11.4 Å². The summed E-state index contributed by atoms with van der Waals surface area (Å²) in [6, 6.07) is 15.5. The molecule has 0 unspecified atom stereocenters. The van der Waals surface area contributed by atoms with Crippen molar-refractivity contribution in [1.82, 2.24) is 14.5 Å². The minimum absolute atomic E-state index is 0.00248. The normalized spacial score (nSPS) is 17.5. The first-order valence-electron chi connectivity index (χ1n) is 11.0. The van der Waals surface area contributed by atoms with E-state index < -0.39 is 11.6 Å². The number of hydrogen-bond acceptors (Lipinski definition) is 4. The zero-order chi connectivity index (χ0) is 22.6. The van der Waals surface area contributed by atoms with Gasteiger partial charge in [-0.15, -0.1) is 0 Å². The number of likely N-dealkylation sites (tertiary alicyclic amines) is 1. The van der Waals surface area contributed by atoms with Crippen LogP contribution in [0.15, 0.2) is 71.7 Å². The lowest BCUT2D eigenvalue weighted by molar-refractivity contribution is -0.120. The van der Waals surface area contributed by atoms with Crippen molar-refractivity contribution >= 4 is 28.7 Å². The summed E-state index contributed by atoms with van der Waals surface area (Å²) in [5.41, 5.74) is 8.74. The Labute approximate surface area is 190 Å². The summed E-state index contributed by atoms with van der Waals surface area (Å²) in [6.07, 6.45) is 6.77. The number of anilines is 1. The van der Waals surface area contributed by atoms with Crippen LogP contribution in [0.4, 0.5) is 10.6 Å². The van der Waals surface area contributed by atoms with E-state index >= 15 is 0 Å². The molecule has 2 aliphatic heterocycles. The highest BCUT2D eigenvalue weighted by Crippen LogP contribution is 2.46. The zero-order valence-electron chi connectivity index (χ0n) is 18.0. The van der Waals surface area contributed by atoms with Crippen LogP contribution in [0.2, 0.25) is 0 Å². The largest absolute Gasteiger partial charge is 0.462 e. The summed E-state index contributed by atoms with van der Waals surface area (Å²) < 4.78 is 7.58. The molecule has 2 N–H and O–H groups in total. The fourth-order valence-electron chi connectivity index (χ4n) is 5.41. The summed E-state index contributed by atoms with van der Waals surface area (Å²) in [5.74, 6) is 0.591. The molecule has 0 bridgehead atoms. The highest BCUT2D eigenvalue weighted by molar-refractivity contribution is 5.98. The first-order chi connectivity index (χ1) is 16.1. The van der Waals surface area contributed by atoms with Gasteiger partial charge in [0.25, 0.3) is 0 Å². The number of aromatic nitrogens is 2. The van der Waals surface area contributed by atoms with Crippen molar-refractivity contribution in [1.29, 1.82) is 0 Å². The third-order valence-corrected chi connectivity index (χ3v) is 6.97. The molecule has 166 valence electrons. The number of furan rings is 1. The maximum atomic E-state index is 13.5. The van der Waals surface area contributed by atoms with Crippen molar-refractivity contribution in [3.8, 4) is 5.69 Å². The second-order valence-electron chi connectivity index (χ2n) is 8.68. The Kier molecular flexibility index (Phi) is 4.29. The number of amides is 3. The highest BCUT2D eigenvalue weighted by atomic mass is 16.3. The molecule has 2 aliphatic rings. The zero-order valence-corrected chi connectivity index (χ0v) is 18.0. The minimum atomic E-state index is -0.576. The molecule has 1 fully saturated rings. The monoisotopic (exact) mass is 441 g/mol. The average molecular weight is 441 g/mol. The topological polar surface area (TPSA) is 97.6 Å². The third kappa shape index (κ3) is 2.94. The van der Waals surface area contributed by atoms with E-state index in [9.17, 15) is 9.59 Å². The van der Waals surface area contributed by atoms with Crippen LogP contribution in [0, 0.1) is 0 Å². The maximum Gasteiger partial charge on any atom is 0.314 e. The summed E-state index contributed by atoms with van der Waals surface area (Å²) in [5, 5.41) is 1.00.